The lowest BCUT2D eigenvalue weighted by molar-refractivity contribution is 0.187. The van der Waals surface area contributed by atoms with E-state index >= 15 is 0 Å². The van der Waals surface area contributed by atoms with Gasteiger partial charge in [0, 0.05) is 11.4 Å². The number of anilines is 2. The molecule has 1 aromatic heterocycles. The molecule has 2 atom stereocenters. The van der Waals surface area contributed by atoms with Crippen molar-refractivity contribution in [1.82, 2.24) is 4.98 Å². The maximum Gasteiger partial charge on any atom is 0.0743 e. The van der Waals surface area contributed by atoms with E-state index in [1.807, 2.05) is 24.3 Å². The molecule has 21 heavy (non-hydrogen) atoms. The van der Waals surface area contributed by atoms with E-state index in [0.717, 1.165) is 35.9 Å². The van der Waals surface area contributed by atoms with Crippen LogP contribution >= 0.6 is 0 Å². The molecule has 1 unspecified atom stereocenters. The zero-order valence-electron chi connectivity index (χ0n) is 12.2. The van der Waals surface area contributed by atoms with E-state index in [9.17, 15) is 5.11 Å². The number of aliphatic hydroxyl groups is 1. The first-order valence-electron chi connectivity index (χ1n) is 7.45. The van der Waals surface area contributed by atoms with Crippen LogP contribution in [0.1, 0.15) is 26.2 Å². The third-order valence-corrected chi connectivity index (χ3v) is 4.10. The fourth-order valence-electron chi connectivity index (χ4n) is 2.96. The summed E-state index contributed by atoms with van der Waals surface area (Å²) in [7, 11) is 0. The van der Waals surface area contributed by atoms with Gasteiger partial charge in [-0.25, -0.2) is 0 Å². The van der Waals surface area contributed by atoms with Crippen LogP contribution in [0.2, 0.25) is 0 Å². The van der Waals surface area contributed by atoms with Gasteiger partial charge in [0.2, 0.25) is 0 Å². The van der Waals surface area contributed by atoms with Crippen molar-refractivity contribution in [2.75, 3.05) is 11.1 Å². The molecule has 4 N–H and O–H groups in total. The molecule has 1 aliphatic carbocycles. The highest BCUT2D eigenvalue weighted by Crippen LogP contribution is 2.31. The highest BCUT2D eigenvalue weighted by Gasteiger charge is 2.21. The van der Waals surface area contributed by atoms with Gasteiger partial charge in [-0.05, 0) is 30.9 Å². The van der Waals surface area contributed by atoms with Crippen LogP contribution in [0.25, 0.3) is 10.9 Å². The fraction of sp³-hybridized carbons (Fsp3) is 0.353. The van der Waals surface area contributed by atoms with Gasteiger partial charge in [-0.3, -0.25) is 4.98 Å². The number of nitrogen functional groups attached to an aromatic ring is 1. The Balaban J connectivity index is 1.95. The highest BCUT2D eigenvalue weighted by atomic mass is 16.3. The van der Waals surface area contributed by atoms with Gasteiger partial charge >= 0.3 is 0 Å². The molecule has 0 saturated carbocycles. The number of aromatic nitrogens is 1. The van der Waals surface area contributed by atoms with Gasteiger partial charge < -0.3 is 16.2 Å². The third kappa shape index (κ3) is 2.72. The molecule has 1 aliphatic rings. The molecule has 2 aromatic rings. The van der Waals surface area contributed by atoms with Gasteiger partial charge in [0.25, 0.3) is 0 Å². The van der Waals surface area contributed by atoms with Gasteiger partial charge in [0.15, 0.2) is 0 Å². The average molecular weight is 283 g/mol. The van der Waals surface area contributed by atoms with Gasteiger partial charge in [-0.1, -0.05) is 31.2 Å². The number of benzene rings is 1. The number of fused-ring (bicyclic) bond motifs is 1. The molecule has 0 aliphatic heterocycles. The van der Waals surface area contributed by atoms with Crippen LogP contribution in [0.5, 0.6) is 0 Å². The summed E-state index contributed by atoms with van der Waals surface area (Å²) in [4.78, 5) is 4.36. The normalized spacial score (nSPS) is 19.5. The molecule has 0 fully saturated rings. The van der Waals surface area contributed by atoms with Crippen molar-refractivity contribution in [3.05, 3.63) is 42.1 Å². The molecule has 110 valence electrons. The number of nitrogens with zero attached hydrogens (tertiary/aromatic N) is 1. The summed E-state index contributed by atoms with van der Waals surface area (Å²) in [6.45, 7) is 2.14. The number of hydrogen-bond acceptors (Lipinski definition) is 4. The second-order valence-electron chi connectivity index (χ2n) is 5.58. The summed E-state index contributed by atoms with van der Waals surface area (Å²) in [5, 5.41) is 14.3. The standard InChI is InChI=1S/C17H21N3O/c1-2-15(11-7-8-12(21)9-11)20-17-13-5-3-4-6-16(13)19-10-14(17)18/h3-7,10,12,15,21H,2,8-9,18H2,1H3,(H,19,20)/t12?,15-/m1/s1. The lowest BCUT2D eigenvalue weighted by atomic mass is 10.0. The van der Waals surface area contributed by atoms with Crippen LogP contribution in [0, 0.1) is 0 Å². The largest absolute Gasteiger partial charge is 0.396 e. The van der Waals surface area contributed by atoms with Gasteiger partial charge in [-0.2, -0.15) is 0 Å². The minimum Gasteiger partial charge on any atom is -0.396 e. The molecule has 0 amide bonds. The van der Waals surface area contributed by atoms with E-state index in [-0.39, 0.29) is 12.1 Å². The lowest BCUT2D eigenvalue weighted by Gasteiger charge is -2.22. The van der Waals surface area contributed by atoms with Crippen molar-refractivity contribution in [3.8, 4) is 0 Å². The molecule has 0 bridgehead atoms. The van der Waals surface area contributed by atoms with Crippen LogP contribution in [0.15, 0.2) is 42.1 Å². The van der Waals surface area contributed by atoms with Crippen molar-refractivity contribution in [1.29, 1.82) is 0 Å². The first kappa shape index (κ1) is 13.9. The second kappa shape index (κ2) is 5.74. The Morgan fingerprint density at radius 1 is 1.43 bits per heavy atom. The summed E-state index contributed by atoms with van der Waals surface area (Å²) >= 11 is 0. The molecule has 0 spiro atoms. The van der Waals surface area contributed by atoms with Gasteiger partial charge in [-0.15, -0.1) is 0 Å². The highest BCUT2D eigenvalue weighted by molar-refractivity contribution is 5.97. The first-order chi connectivity index (χ1) is 10.2. The second-order valence-corrected chi connectivity index (χ2v) is 5.58. The van der Waals surface area contributed by atoms with Crippen molar-refractivity contribution in [2.24, 2.45) is 0 Å². The number of hydrogen-bond donors (Lipinski definition) is 3. The van der Waals surface area contributed by atoms with E-state index in [2.05, 4.69) is 23.3 Å². The van der Waals surface area contributed by atoms with Crippen molar-refractivity contribution in [2.45, 2.75) is 38.3 Å². The van der Waals surface area contributed by atoms with E-state index < -0.39 is 0 Å². The summed E-state index contributed by atoms with van der Waals surface area (Å²) < 4.78 is 0. The Bertz CT molecular complexity index is 681. The zero-order valence-corrected chi connectivity index (χ0v) is 12.2. The van der Waals surface area contributed by atoms with Crippen LogP contribution in [0.3, 0.4) is 0 Å². The number of nitrogens with one attached hydrogen (secondary N) is 1. The minimum atomic E-state index is -0.234. The monoisotopic (exact) mass is 283 g/mol. The average Bonchev–Trinajstić information content (AvgIpc) is 2.93. The van der Waals surface area contributed by atoms with E-state index in [1.165, 1.54) is 5.57 Å². The quantitative estimate of drug-likeness (QED) is 0.754. The summed E-state index contributed by atoms with van der Waals surface area (Å²) in [6, 6.07) is 8.19. The number of pyridine rings is 1. The van der Waals surface area contributed by atoms with Gasteiger partial charge in [0.05, 0.1) is 29.2 Å². The Labute approximate surface area is 124 Å². The van der Waals surface area contributed by atoms with E-state index in [0.29, 0.717) is 5.69 Å². The molecule has 4 heteroatoms. The van der Waals surface area contributed by atoms with Crippen LogP contribution in [-0.4, -0.2) is 22.2 Å². The van der Waals surface area contributed by atoms with E-state index in [1.54, 1.807) is 6.20 Å². The molecule has 0 saturated heterocycles. The maximum absolute atomic E-state index is 9.72. The lowest BCUT2D eigenvalue weighted by Crippen LogP contribution is -2.22. The number of rotatable bonds is 4. The topological polar surface area (TPSA) is 71.2 Å². The Morgan fingerprint density at radius 3 is 2.95 bits per heavy atom. The molecule has 1 heterocycles. The Kier molecular flexibility index (Phi) is 3.80. The van der Waals surface area contributed by atoms with Crippen LogP contribution in [-0.2, 0) is 0 Å². The Morgan fingerprint density at radius 2 is 2.24 bits per heavy atom. The third-order valence-electron chi connectivity index (χ3n) is 4.10. The minimum absolute atomic E-state index is 0.204. The van der Waals surface area contributed by atoms with Crippen LogP contribution < -0.4 is 11.1 Å². The summed E-state index contributed by atoms with van der Waals surface area (Å²) in [6.07, 6.45) is 6.06. The predicted octanol–water partition coefficient (Wildman–Crippen LogP) is 3.09. The molecule has 0 radical (unpaired) electrons. The van der Waals surface area contributed by atoms with Crippen molar-refractivity contribution >= 4 is 22.3 Å². The molecule has 1 aromatic carbocycles. The van der Waals surface area contributed by atoms with Crippen molar-refractivity contribution < 1.29 is 5.11 Å². The smallest absolute Gasteiger partial charge is 0.0743 e. The fourth-order valence-corrected chi connectivity index (χ4v) is 2.96. The van der Waals surface area contributed by atoms with Gasteiger partial charge in [0.1, 0.15) is 0 Å². The molecular formula is C17H21N3O. The zero-order chi connectivity index (χ0) is 14.8. The molecule has 3 rings (SSSR count). The molecule has 4 nitrogen and oxygen atoms in total. The number of aliphatic hydroxyl groups excluding tert-OH is 1. The number of nitrogens with two attached hydrogens (primary N) is 1. The molecular weight excluding hydrogens is 262 g/mol. The first-order valence-corrected chi connectivity index (χ1v) is 7.45. The SMILES string of the molecule is CC[C@@H](Nc1c(N)cnc2ccccc12)C1=CCC(O)C1. The summed E-state index contributed by atoms with van der Waals surface area (Å²) in [5.74, 6) is 0. The maximum atomic E-state index is 9.72. The van der Waals surface area contributed by atoms with E-state index in [4.69, 9.17) is 5.73 Å². The van der Waals surface area contributed by atoms with Crippen LogP contribution in [0.4, 0.5) is 11.4 Å². The summed E-state index contributed by atoms with van der Waals surface area (Å²) in [5.41, 5.74) is 9.92. The predicted molar refractivity (Wildman–Crippen MR) is 87.2 cm³/mol. The van der Waals surface area contributed by atoms with Crippen molar-refractivity contribution in [3.63, 3.8) is 0 Å². The number of para-hydroxylation sites is 1. The Hall–Kier alpha value is -2.07.